The van der Waals surface area contributed by atoms with Crippen molar-refractivity contribution in [3.63, 3.8) is 0 Å². The topological polar surface area (TPSA) is 33.1 Å². The van der Waals surface area contributed by atoms with E-state index in [0.717, 1.165) is 32.7 Å². The largest absolute Gasteiger partial charge is 0.333 e. The number of hydrogen-bond acceptors (Lipinski definition) is 3. The van der Waals surface area contributed by atoms with Crippen LogP contribution in [-0.4, -0.2) is 40.1 Å². The third kappa shape index (κ3) is 3.33. The number of nitrogens with one attached hydrogen (secondary N) is 1. The molecule has 102 valence electrons. The molecule has 0 spiro atoms. The van der Waals surface area contributed by atoms with Gasteiger partial charge in [-0.05, 0) is 19.4 Å². The van der Waals surface area contributed by atoms with Gasteiger partial charge in [0.15, 0.2) is 0 Å². The van der Waals surface area contributed by atoms with Crippen molar-refractivity contribution in [2.75, 3.05) is 19.6 Å². The van der Waals surface area contributed by atoms with Gasteiger partial charge in [-0.25, -0.2) is 4.98 Å². The van der Waals surface area contributed by atoms with Crippen LogP contribution in [0.4, 0.5) is 0 Å². The first-order chi connectivity index (χ1) is 8.85. The smallest absolute Gasteiger partial charge is 0.122 e. The second kappa shape index (κ2) is 6.90. The van der Waals surface area contributed by atoms with Crippen molar-refractivity contribution in [3.05, 3.63) is 18.2 Å². The standard InChI is InChI=1S/C14H26N4/c1-3-5-13(11-15-6-4-2)18-10-9-17-8-7-16-14(17)12-18/h7-8,13,15H,3-6,9-12H2,1-2H3. The van der Waals surface area contributed by atoms with Gasteiger partial charge in [-0.1, -0.05) is 20.3 Å². The number of aromatic nitrogens is 2. The molecule has 1 unspecified atom stereocenters. The summed E-state index contributed by atoms with van der Waals surface area (Å²) in [6.45, 7) is 9.99. The minimum atomic E-state index is 0.659. The van der Waals surface area contributed by atoms with Gasteiger partial charge in [-0.2, -0.15) is 0 Å². The van der Waals surface area contributed by atoms with E-state index in [-0.39, 0.29) is 0 Å². The monoisotopic (exact) mass is 250 g/mol. The Balaban J connectivity index is 1.90. The fraction of sp³-hybridized carbons (Fsp3) is 0.786. The molecule has 2 rings (SSSR count). The van der Waals surface area contributed by atoms with Gasteiger partial charge in [-0.15, -0.1) is 0 Å². The van der Waals surface area contributed by atoms with Gasteiger partial charge in [0.1, 0.15) is 5.82 Å². The number of imidazole rings is 1. The zero-order valence-corrected chi connectivity index (χ0v) is 11.7. The molecule has 1 N–H and O–H groups in total. The first kappa shape index (κ1) is 13.6. The molecule has 1 aromatic rings. The Morgan fingerprint density at radius 3 is 3.00 bits per heavy atom. The molecule has 0 saturated heterocycles. The van der Waals surface area contributed by atoms with Crippen molar-refractivity contribution >= 4 is 0 Å². The zero-order chi connectivity index (χ0) is 12.8. The molecule has 0 radical (unpaired) electrons. The molecule has 0 aromatic carbocycles. The Kier molecular flexibility index (Phi) is 5.20. The normalized spacial score (nSPS) is 17.7. The summed E-state index contributed by atoms with van der Waals surface area (Å²) in [5.74, 6) is 1.22. The summed E-state index contributed by atoms with van der Waals surface area (Å²) in [5.41, 5.74) is 0. The van der Waals surface area contributed by atoms with E-state index in [1.165, 1.54) is 25.1 Å². The summed E-state index contributed by atoms with van der Waals surface area (Å²) in [6, 6.07) is 0.659. The molecule has 18 heavy (non-hydrogen) atoms. The lowest BCUT2D eigenvalue weighted by molar-refractivity contribution is 0.141. The number of hydrogen-bond donors (Lipinski definition) is 1. The lowest BCUT2D eigenvalue weighted by atomic mass is 10.1. The fourth-order valence-electron chi connectivity index (χ4n) is 2.70. The van der Waals surface area contributed by atoms with E-state index < -0.39 is 0 Å². The summed E-state index contributed by atoms with van der Waals surface area (Å²) < 4.78 is 2.28. The molecular weight excluding hydrogens is 224 g/mol. The summed E-state index contributed by atoms with van der Waals surface area (Å²) in [5, 5.41) is 3.57. The van der Waals surface area contributed by atoms with E-state index in [2.05, 4.69) is 39.8 Å². The Labute approximate surface area is 110 Å². The van der Waals surface area contributed by atoms with Crippen LogP contribution in [0.2, 0.25) is 0 Å². The van der Waals surface area contributed by atoms with Crippen LogP contribution in [0.25, 0.3) is 0 Å². The predicted octanol–water partition coefficient (Wildman–Crippen LogP) is 1.87. The van der Waals surface area contributed by atoms with Crippen LogP contribution in [0.1, 0.15) is 38.9 Å². The molecular formula is C14H26N4. The lowest BCUT2D eigenvalue weighted by Crippen LogP contribution is -2.46. The maximum Gasteiger partial charge on any atom is 0.122 e. The summed E-state index contributed by atoms with van der Waals surface area (Å²) in [6.07, 6.45) is 7.75. The molecule has 1 aliphatic rings. The minimum absolute atomic E-state index is 0.659. The number of nitrogens with zero attached hydrogens (tertiary/aromatic N) is 3. The van der Waals surface area contributed by atoms with Gasteiger partial charge in [0, 0.05) is 38.1 Å². The van der Waals surface area contributed by atoms with Gasteiger partial charge < -0.3 is 9.88 Å². The molecule has 1 aromatic heterocycles. The van der Waals surface area contributed by atoms with Crippen molar-refractivity contribution in [2.24, 2.45) is 0 Å². The quantitative estimate of drug-likeness (QED) is 0.750. The van der Waals surface area contributed by atoms with Crippen molar-refractivity contribution in [1.29, 1.82) is 0 Å². The molecule has 2 heterocycles. The average Bonchev–Trinajstić information content (AvgIpc) is 2.85. The van der Waals surface area contributed by atoms with E-state index in [4.69, 9.17) is 0 Å². The van der Waals surface area contributed by atoms with Crippen molar-refractivity contribution in [2.45, 2.75) is 52.2 Å². The molecule has 1 aliphatic heterocycles. The van der Waals surface area contributed by atoms with Crippen molar-refractivity contribution in [1.82, 2.24) is 19.8 Å². The maximum absolute atomic E-state index is 4.45. The Hall–Kier alpha value is -0.870. The number of rotatable bonds is 7. The average molecular weight is 250 g/mol. The Morgan fingerprint density at radius 2 is 2.22 bits per heavy atom. The third-order valence-electron chi connectivity index (χ3n) is 3.72. The van der Waals surface area contributed by atoms with Crippen molar-refractivity contribution < 1.29 is 0 Å². The molecule has 0 fully saturated rings. The van der Waals surface area contributed by atoms with E-state index in [1.807, 2.05) is 6.20 Å². The lowest BCUT2D eigenvalue weighted by Gasteiger charge is -2.35. The van der Waals surface area contributed by atoms with Crippen LogP contribution in [0.3, 0.4) is 0 Å². The second-order valence-electron chi connectivity index (χ2n) is 5.15. The maximum atomic E-state index is 4.45. The Bertz CT molecular complexity index is 347. The first-order valence-corrected chi connectivity index (χ1v) is 7.30. The van der Waals surface area contributed by atoms with Crippen LogP contribution in [0.15, 0.2) is 12.4 Å². The van der Waals surface area contributed by atoms with E-state index in [9.17, 15) is 0 Å². The summed E-state index contributed by atoms with van der Waals surface area (Å²) >= 11 is 0. The molecule has 1 atom stereocenters. The van der Waals surface area contributed by atoms with E-state index in [0.29, 0.717) is 6.04 Å². The fourth-order valence-corrected chi connectivity index (χ4v) is 2.70. The van der Waals surface area contributed by atoms with Crippen LogP contribution >= 0.6 is 0 Å². The molecule has 0 bridgehead atoms. The molecule has 0 aliphatic carbocycles. The van der Waals surface area contributed by atoms with Gasteiger partial charge in [0.2, 0.25) is 0 Å². The minimum Gasteiger partial charge on any atom is -0.333 e. The highest BCUT2D eigenvalue weighted by molar-refractivity contribution is 4.96. The first-order valence-electron chi connectivity index (χ1n) is 7.30. The molecule has 4 heteroatoms. The van der Waals surface area contributed by atoms with Crippen LogP contribution in [-0.2, 0) is 13.1 Å². The van der Waals surface area contributed by atoms with Crippen LogP contribution in [0.5, 0.6) is 0 Å². The predicted molar refractivity (Wildman–Crippen MR) is 74.5 cm³/mol. The summed E-state index contributed by atoms with van der Waals surface area (Å²) in [7, 11) is 0. The van der Waals surface area contributed by atoms with Crippen molar-refractivity contribution in [3.8, 4) is 0 Å². The van der Waals surface area contributed by atoms with Crippen LogP contribution in [0, 0.1) is 0 Å². The third-order valence-corrected chi connectivity index (χ3v) is 3.72. The highest BCUT2D eigenvalue weighted by Crippen LogP contribution is 2.15. The Morgan fingerprint density at radius 1 is 1.33 bits per heavy atom. The molecule has 0 amide bonds. The number of fused-ring (bicyclic) bond motifs is 1. The van der Waals surface area contributed by atoms with Gasteiger partial charge in [-0.3, -0.25) is 4.90 Å². The van der Waals surface area contributed by atoms with Gasteiger partial charge in [0.05, 0.1) is 6.54 Å². The second-order valence-corrected chi connectivity index (χ2v) is 5.15. The summed E-state index contributed by atoms with van der Waals surface area (Å²) in [4.78, 5) is 7.04. The van der Waals surface area contributed by atoms with E-state index in [1.54, 1.807) is 0 Å². The highest BCUT2D eigenvalue weighted by Gasteiger charge is 2.22. The zero-order valence-electron chi connectivity index (χ0n) is 11.7. The van der Waals surface area contributed by atoms with E-state index >= 15 is 0 Å². The van der Waals surface area contributed by atoms with Gasteiger partial charge in [0.25, 0.3) is 0 Å². The highest BCUT2D eigenvalue weighted by atomic mass is 15.3. The van der Waals surface area contributed by atoms with Gasteiger partial charge >= 0.3 is 0 Å². The SMILES string of the molecule is CCCNCC(CCC)N1CCn2ccnc2C1. The van der Waals surface area contributed by atoms with Crippen LogP contribution < -0.4 is 5.32 Å². The molecule has 0 saturated carbocycles. The molecule has 4 nitrogen and oxygen atoms in total.